The van der Waals surface area contributed by atoms with Gasteiger partial charge in [-0.05, 0) is 38.8 Å². The normalized spacial score (nSPS) is 24.6. The maximum absolute atomic E-state index is 13.7. The largest absolute Gasteiger partial charge is 0.496 e. The number of methoxy groups -OCH3 is 1. The Kier molecular flexibility index (Phi) is 1.42. The van der Waals surface area contributed by atoms with Crippen molar-refractivity contribution >= 4 is 5.91 Å². The molecule has 0 bridgehead atoms. The minimum atomic E-state index is -4.04. The first-order valence-electron chi connectivity index (χ1n) is 10.4. The Morgan fingerprint density at radius 3 is 3.06 bits per heavy atom. The third kappa shape index (κ3) is 2.96. The number of ether oxygens (including phenoxy) is 1. The topological polar surface area (TPSA) is 29.5 Å². The van der Waals surface area contributed by atoms with E-state index in [1.54, 1.807) is 0 Å². The standard InChI is InChI=1S/C13H18FNO2/c1-5-15(9(2)3)13(16)11-8-10(14)6-7-12(11)17-4/h6-9H,5H2,1-4H3/i1D3,2D3,3D3,5D2,9D. The van der Waals surface area contributed by atoms with E-state index < -0.39 is 61.0 Å². The van der Waals surface area contributed by atoms with Crippen LogP contribution in [0.25, 0.3) is 0 Å². The summed E-state index contributed by atoms with van der Waals surface area (Å²) in [6.07, 6.45) is 0. The molecule has 0 heterocycles. The second-order valence-corrected chi connectivity index (χ2v) is 2.95. The molecule has 1 aromatic rings. The SMILES string of the molecule is [2H]C([2H])([2H])C([2H])([2H])N(C(=O)c1cc(F)ccc1OC)C([2H])(C([2H])([2H])[2H])C([2H])([2H])[2H]. The quantitative estimate of drug-likeness (QED) is 0.823. The van der Waals surface area contributed by atoms with Crippen LogP contribution in [-0.4, -0.2) is 30.4 Å². The molecule has 0 N–H and O–H groups in total. The zero-order valence-corrected chi connectivity index (χ0v) is 8.87. The van der Waals surface area contributed by atoms with Crippen LogP contribution in [-0.2, 0) is 0 Å². The van der Waals surface area contributed by atoms with Crippen molar-refractivity contribution in [3.05, 3.63) is 29.6 Å². The molecule has 0 radical (unpaired) electrons. The van der Waals surface area contributed by atoms with Gasteiger partial charge in [0.1, 0.15) is 11.6 Å². The zero-order chi connectivity index (χ0) is 23.2. The van der Waals surface area contributed by atoms with Crippen molar-refractivity contribution in [3.8, 4) is 5.75 Å². The van der Waals surface area contributed by atoms with Crippen LogP contribution in [0.2, 0.25) is 0 Å². The number of carbonyl (C=O) groups excluding carboxylic acids is 1. The Balaban J connectivity index is 3.99. The van der Waals surface area contributed by atoms with Gasteiger partial charge in [0, 0.05) is 27.6 Å². The van der Waals surface area contributed by atoms with E-state index in [1.807, 2.05) is 0 Å². The minimum Gasteiger partial charge on any atom is -0.496 e. The number of amides is 1. The van der Waals surface area contributed by atoms with Gasteiger partial charge in [-0.1, -0.05) is 0 Å². The summed E-state index contributed by atoms with van der Waals surface area (Å²) in [5, 5.41) is 0. The average molecular weight is 251 g/mol. The number of rotatable bonds is 4. The van der Waals surface area contributed by atoms with Crippen molar-refractivity contribution in [2.45, 2.75) is 26.6 Å². The van der Waals surface area contributed by atoms with Crippen molar-refractivity contribution in [3.63, 3.8) is 0 Å². The summed E-state index contributed by atoms with van der Waals surface area (Å²) in [6.45, 7) is -15.5. The second kappa shape index (κ2) is 5.66. The molecule has 0 atom stereocenters. The summed E-state index contributed by atoms with van der Waals surface area (Å²) in [7, 11) is 1.04. The highest BCUT2D eigenvalue weighted by Gasteiger charge is 2.21. The summed E-state index contributed by atoms with van der Waals surface area (Å²) >= 11 is 0. The van der Waals surface area contributed by atoms with Crippen LogP contribution in [0.15, 0.2) is 18.2 Å². The van der Waals surface area contributed by atoms with Gasteiger partial charge in [-0.25, -0.2) is 4.39 Å². The molecule has 3 nitrogen and oxygen atoms in total. The number of carbonyl (C=O) groups is 1. The molecule has 1 rings (SSSR count). The van der Waals surface area contributed by atoms with Crippen molar-refractivity contribution in [2.75, 3.05) is 13.6 Å². The van der Waals surface area contributed by atoms with Gasteiger partial charge in [-0.2, -0.15) is 0 Å². The zero-order valence-electron chi connectivity index (χ0n) is 20.9. The smallest absolute Gasteiger partial charge is 0.257 e. The van der Waals surface area contributed by atoms with E-state index in [4.69, 9.17) is 21.2 Å². The average Bonchev–Trinajstić information content (AvgIpc) is 2.51. The maximum atomic E-state index is 13.7. The van der Waals surface area contributed by atoms with Crippen molar-refractivity contribution in [2.24, 2.45) is 0 Å². The van der Waals surface area contributed by atoms with Crippen LogP contribution in [0.5, 0.6) is 5.75 Å². The Bertz CT molecular complexity index is 757. The fraction of sp³-hybridized carbons (Fsp3) is 0.462. The van der Waals surface area contributed by atoms with E-state index in [9.17, 15) is 9.18 Å². The predicted molar refractivity (Wildman–Crippen MR) is 64.8 cm³/mol. The third-order valence-corrected chi connectivity index (χ3v) is 1.93. The first kappa shape index (κ1) is 4.26. The molecule has 0 spiro atoms. The lowest BCUT2D eigenvalue weighted by Crippen LogP contribution is -2.36. The van der Waals surface area contributed by atoms with Crippen LogP contribution in [0.3, 0.4) is 0 Å². The number of benzene rings is 1. The van der Waals surface area contributed by atoms with Crippen LogP contribution in [0.1, 0.15) is 47.4 Å². The number of halogens is 1. The Morgan fingerprint density at radius 2 is 2.47 bits per heavy atom. The summed E-state index contributed by atoms with van der Waals surface area (Å²) in [6, 6.07) is -1.78. The lowest BCUT2D eigenvalue weighted by molar-refractivity contribution is 0.0713. The number of nitrogens with zero attached hydrogens (tertiary/aromatic N) is 1. The summed E-state index contributed by atoms with van der Waals surface area (Å²) in [5.41, 5.74) is -0.856. The summed E-state index contributed by atoms with van der Waals surface area (Å²) in [5.74, 6) is -3.33. The molecule has 0 aliphatic heterocycles. The van der Waals surface area contributed by atoms with Gasteiger partial charge in [-0.3, -0.25) is 4.79 Å². The molecule has 4 heteroatoms. The molecule has 0 aliphatic carbocycles. The van der Waals surface area contributed by atoms with Crippen molar-refractivity contribution in [1.29, 1.82) is 0 Å². The molecule has 1 amide bonds. The minimum absolute atomic E-state index is 0.416. The van der Waals surface area contributed by atoms with E-state index >= 15 is 0 Å². The van der Waals surface area contributed by atoms with Gasteiger partial charge in [0.05, 0.1) is 14.0 Å². The number of hydrogen-bond donors (Lipinski definition) is 0. The monoisotopic (exact) mass is 251 g/mol. The molecular formula is C13H18FNO2. The molecule has 0 unspecified atom stereocenters. The summed E-state index contributed by atoms with van der Waals surface area (Å²) in [4.78, 5) is 12.4. The molecule has 0 saturated heterocycles. The Hall–Kier alpha value is -1.58. The van der Waals surface area contributed by atoms with Gasteiger partial charge in [0.15, 0.2) is 0 Å². The highest BCUT2D eigenvalue weighted by molar-refractivity contribution is 5.97. The lowest BCUT2D eigenvalue weighted by atomic mass is 10.1. The first-order chi connectivity index (χ1) is 12.7. The van der Waals surface area contributed by atoms with Crippen LogP contribution in [0.4, 0.5) is 4.39 Å². The maximum Gasteiger partial charge on any atom is 0.257 e. The van der Waals surface area contributed by atoms with Crippen LogP contribution in [0, 0.1) is 5.82 Å². The molecule has 17 heavy (non-hydrogen) atoms. The Labute approximate surface area is 118 Å². The fourth-order valence-electron chi connectivity index (χ4n) is 1.18. The molecular weight excluding hydrogens is 221 g/mol. The highest BCUT2D eigenvalue weighted by Crippen LogP contribution is 2.21. The lowest BCUT2D eigenvalue weighted by Gasteiger charge is -2.25. The third-order valence-electron chi connectivity index (χ3n) is 1.93. The van der Waals surface area contributed by atoms with Gasteiger partial charge < -0.3 is 9.64 Å². The molecule has 0 aliphatic rings. The van der Waals surface area contributed by atoms with Gasteiger partial charge in [0.2, 0.25) is 0 Å². The van der Waals surface area contributed by atoms with Crippen LogP contribution < -0.4 is 4.74 Å². The molecule has 94 valence electrons. The van der Waals surface area contributed by atoms with Crippen LogP contribution >= 0.6 is 0 Å². The highest BCUT2D eigenvalue weighted by atomic mass is 19.1. The molecule has 0 saturated carbocycles. The molecule has 1 aromatic carbocycles. The first-order valence-corrected chi connectivity index (χ1v) is 4.41. The Morgan fingerprint density at radius 1 is 1.71 bits per heavy atom. The van der Waals surface area contributed by atoms with E-state index in [1.165, 1.54) is 0 Å². The predicted octanol–water partition coefficient (Wildman–Crippen LogP) is 2.70. The van der Waals surface area contributed by atoms with E-state index in [0.29, 0.717) is 6.07 Å². The van der Waals surface area contributed by atoms with Gasteiger partial charge in [-0.15, -0.1) is 0 Å². The number of hydrogen-bond acceptors (Lipinski definition) is 2. The van der Waals surface area contributed by atoms with E-state index in [2.05, 4.69) is 0 Å². The summed E-state index contributed by atoms with van der Waals surface area (Å²) < 4.78 is 109. The van der Waals surface area contributed by atoms with E-state index in [0.717, 1.165) is 19.2 Å². The van der Waals surface area contributed by atoms with Crippen molar-refractivity contribution in [1.82, 2.24) is 4.90 Å². The second-order valence-electron chi connectivity index (χ2n) is 2.95. The van der Waals surface area contributed by atoms with Gasteiger partial charge in [0.25, 0.3) is 5.91 Å². The van der Waals surface area contributed by atoms with E-state index in [-0.39, 0.29) is 0 Å². The fourth-order valence-corrected chi connectivity index (χ4v) is 1.18. The molecule has 0 aromatic heterocycles. The van der Waals surface area contributed by atoms with Gasteiger partial charge >= 0.3 is 0 Å². The van der Waals surface area contributed by atoms with Crippen molar-refractivity contribution < 1.29 is 30.4 Å². The molecule has 0 fully saturated rings.